The second-order valence-electron chi connectivity index (χ2n) is 6.43. The third-order valence-electron chi connectivity index (χ3n) is 2.95. The summed E-state index contributed by atoms with van der Waals surface area (Å²) in [4.78, 5) is 23.3. The van der Waals surface area contributed by atoms with Gasteiger partial charge in [-0.1, -0.05) is 33.5 Å². The number of ether oxygens (including phenoxy) is 2. The average Bonchev–Trinajstić information content (AvgIpc) is 2.27. The van der Waals surface area contributed by atoms with Gasteiger partial charge in [-0.15, -0.1) is 0 Å². The normalized spacial score (nSPS) is 12.9. The molecule has 5 nitrogen and oxygen atoms in total. The minimum Gasteiger partial charge on any atom is -0.466 e. The van der Waals surface area contributed by atoms with Crippen LogP contribution in [0.5, 0.6) is 0 Å². The number of carbonyl (C=O) groups excluding carboxylic acids is 2. The number of hydrogen-bond donors (Lipinski definition) is 1. The van der Waals surface area contributed by atoms with Crippen molar-refractivity contribution in [1.82, 2.24) is 5.32 Å². The van der Waals surface area contributed by atoms with Crippen LogP contribution in [0, 0.1) is 11.8 Å². The van der Waals surface area contributed by atoms with Crippen LogP contribution in [0.1, 0.15) is 20.8 Å². The van der Waals surface area contributed by atoms with Gasteiger partial charge in [-0.3, -0.25) is 4.79 Å². The molecule has 0 spiro atoms. The Morgan fingerprint density at radius 3 is 2.20 bits per heavy atom. The molecule has 0 radical (unpaired) electrons. The third-order valence-corrected chi connectivity index (χ3v) is 4.65. The van der Waals surface area contributed by atoms with Gasteiger partial charge in [0.15, 0.2) is 0 Å². The van der Waals surface area contributed by atoms with Gasteiger partial charge >= 0.3 is 12.1 Å². The van der Waals surface area contributed by atoms with Gasteiger partial charge in [0.1, 0.15) is 0 Å². The topological polar surface area (TPSA) is 64.6 Å². The molecule has 1 amide bonds. The maximum atomic E-state index is 11.7. The molecule has 1 unspecified atom stereocenters. The van der Waals surface area contributed by atoms with Gasteiger partial charge in [-0.25, -0.2) is 4.79 Å². The first-order chi connectivity index (χ1) is 9.17. The number of rotatable bonds is 8. The summed E-state index contributed by atoms with van der Waals surface area (Å²) in [6, 6.07) is 0.936. The second-order valence-corrected chi connectivity index (χ2v) is 12.1. The predicted octanol–water partition coefficient (Wildman–Crippen LogP) is 2.89. The van der Waals surface area contributed by atoms with Crippen molar-refractivity contribution in [2.45, 2.75) is 46.5 Å². The van der Waals surface area contributed by atoms with E-state index in [1.54, 1.807) is 6.92 Å². The van der Waals surface area contributed by atoms with Gasteiger partial charge in [0.25, 0.3) is 0 Å². The highest BCUT2D eigenvalue weighted by molar-refractivity contribution is 6.76. The number of carbonyl (C=O) groups is 2. The van der Waals surface area contributed by atoms with E-state index in [4.69, 9.17) is 9.47 Å². The summed E-state index contributed by atoms with van der Waals surface area (Å²) < 4.78 is 10.1. The first kappa shape index (κ1) is 19.0. The Morgan fingerprint density at radius 1 is 1.15 bits per heavy atom. The van der Waals surface area contributed by atoms with Crippen LogP contribution < -0.4 is 5.32 Å². The summed E-state index contributed by atoms with van der Waals surface area (Å²) in [6.07, 6.45) is -0.460. The largest absolute Gasteiger partial charge is 0.466 e. The van der Waals surface area contributed by atoms with E-state index >= 15 is 0 Å². The van der Waals surface area contributed by atoms with E-state index in [9.17, 15) is 9.59 Å². The molecule has 0 saturated carbocycles. The molecule has 20 heavy (non-hydrogen) atoms. The van der Waals surface area contributed by atoms with Crippen LogP contribution >= 0.6 is 0 Å². The van der Waals surface area contributed by atoms with Gasteiger partial charge < -0.3 is 14.8 Å². The quantitative estimate of drug-likeness (QED) is 0.553. The number of alkyl carbamates (subject to hydrolysis) is 1. The van der Waals surface area contributed by atoms with E-state index in [2.05, 4.69) is 25.0 Å². The number of hydrogen-bond acceptors (Lipinski definition) is 4. The van der Waals surface area contributed by atoms with Crippen LogP contribution in [0.2, 0.25) is 25.7 Å². The van der Waals surface area contributed by atoms with E-state index < -0.39 is 14.2 Å². The molecule has 1 N–H and O–H groups in total. The molecule has 0 aliphatic rings. The van der Waals surface area contributed by atoms with Crippen molar-refractivity contribution in [2.24, 2.45) is 11.8 Å². The molecule has 0 heterocycles. The molecule has 0 bridgehead atoms. The summed E-state index contributed by atoms with van der Waals surface area (Å²) in [5.41, 5.74) is 0. The maximum Gasteiger partial charge on any atom is 0.407 e. The Bertz CT molecular complexity index is 313. The number of esters is 1. The van der Waals surface area contributed by atoms with E-state index in [1.165, 1.54) is 0 Å². The molecule has 0 aliphatic heterocycles. The van der Waals surface area contributed by atoms with E-state index in [0.29, 0.717) is 13.2 Å². The number of nitrogens with one attached hydrogen (secondary N) is 1. The van der Waals surface area contributed by atoms with E-state index in [0.717, 1.165) is 6.04 Å². The van der Waals surface area contributed by atoms with Crippen LogP contribution in [0.4, 0.5) is 4.79 Å². The zero-order chi connectivity index (χ0) is 15.8. The second kappa shape index (κ2) is 9.00. The minimum absolute atomic E-state index is 0.108. The lowest BCUT2D eigenvalue weighted by Crippen LogP contribution is -2.37. The SMILES string of the molecule is CCOC(=O)C(CNC(=O)OCC[Si](C)(C)C)C(C)C. The Labute approximate surface area is 123 Å². The van der Waals surface area contributed by atoms with Gasteiger partial charge in [0.05, 0.1) is 19.1 Å². The predicted molar refractivity (Wildman–Crippen MR) is 82.5 cm³/mol. The lowest BCUT2D eigenvalue weighted by atomic mass is 9.96. The van der Waals surface area contributed by atoms with Crippen molar-refractivity contribution >= 4 is 20.1 Å². The van der Waals surface area contributed by atoms with Crippen molar-refractivity contribution in [3.63, 3.8) is 0 Å². The van der Waals surface area contributed by atoms with Gasteiger partial charge in [-0.05, 0) is 18.9 Å². The summed E-state index contributed by atoms with van der Waals surface area (Å²) in [5.74, 6) is -0.499. The third kappa shape index (κ3) is 8.96. The molecule has 0 saturated heterocycles. The molecule has 0 aromatic rings. The highest BCUT2D eigenvalue weighted by atomic mass is 28.3. The van der Waals surface area contributed by atoms with Crippen LogP contribution in [-0.4, -0.2) is 39.9 Å². The molecule has 1 atom stereocenters. The Balaban J connectivity index is 4.09. The van der Waals surface area contributed by atoms with Gasteiger partial charge in [0.2, 0.25) is 0 Å². The molecule has 6 heteroatoms. The molecule has 0 rings (SSSR count). The summed E-state index contributed by atoms with van der Waals surface area (Å²) in [7, 11) is -1.19. The van der Waals surface area contributed by atoms with Crippen LogP contribution in [0.3, 0.4) is 0 Å². The van der Waals surface area contributed by atoms with Crippen molar-refractivity contribution in [3.8, 4) is 0 Å². The lowest BCUT2D eigenvalue weighted by Gasteiger charge is -2.20. The summed E-state index contributed by atoms with van der Waals surface area (Å²) >= 11 is 0. The van der Waals surface area contributed by atoms with Crippen LogP contribution in [0.15, 0.2) is 0 Å². The highest BCUT2D eigenvalue weighted by Gasteiger charge is 2.24. The Morgan fingerprint density at radius 2 is 1.75 bits per heavy atom. The molecule has 0 aromatic carbocycles. The fourth-order valence-electron chi connectivity index (χ4n) is 1.53. The Kier molecular flexibility index (Phi) is 8.53. The lowest BCUT2D eigenvalue weighted by molar-refractivity contribution is -0.149. The van der Waals surface area contributed by atoms with Crippen LogP contribution in [0.25, 0.3) is 0 Å². The number of amides is 1. The molecular weight excluding hydrogens is 274 g/mol. The van der Waals surface area contributed by atoms with Crippen molar-refractivity contribution in [2.75, 3.05) is 19.8 Å². The summed E-state index contributed by atoms with van der Waals surface area (Å²) in [6.45, 7) is 13.3. The molecular formula is C14H29NO4Si. The van der Waals surface area contributed by atoms with E-state index in [1.807, 2.05) is 13.8 Å². The summed E-state index contributed by atoms with van der Waals surface area (Å²) in [5, 5.41) is 2.64. The average molecular weight is 303 g/mol. The maximum absolute atomic E-state index is 11.7. The molecule has 0 fully saturated rings. The van der Waals surface area contributed by atoms with Gasteiger partial charge in [0, 0.05) is 14.6 Å². The van der Waals surface area contributed by atoms with Crippen molar-refractivity contribution in [1.29, 1.82) is 0 Å². The molecule has 118 valence electrons. The smallest absolute Gasteiger partial charge is 0.407 e. The molecule has 0 aliphatic carbocycles. The van der Waals surface area contributed by atoms with Crippen molar-refractivity contribution in [3.05, 3.63) is 0 Å². The fraction of sp³-hybridized carbons (Fsp3) is 0.857. The highest BCUT2D eigenvalue weighted by Crippen LogP contribution is 2.12. The monoisotopic (exact) mass is 303 g/mol. The minimum atomic E-state index is -1.19. The van der Waals surface area contributed by atoms with Crippen molar-refractivity contribution < 1.29 is 19.1 Å². The van der Waals surface area contributed by atoms with Gasteiger partial charge in [-0.2, -0.15) is 0 Å². The fourth-order valence-corrected chi connectivity index (χ4v) is 2.25. The first-order valence-electron chi connectivity index (χ1n) is 7.24. The van der Waals surface area contributed by atoms with E-state index in [-0.39, 0.29) is 24.3 Å². The zero-order valence-corrected chi connectivity index (χ0v) is 14.6. The standard InChI is InChI=1S/C14H29NO4Si/c1-7-18-13(16)12(11(2)3)10-15-14(17)19-8-9-20(4,5)6/h11-12H,7-10H2,1-6H3,(H,15,17). The zero-order valence-electron chi connectivity index (χ0n) is 13.6. The first-order valence-corrected chi connectivity index (χ1v) is 11.0. The molecule has 0 aromatic heterocycles. The Hall–Kier alpha value is -1.04. The van der Waals surface area contributed by atoms with Crippen LogP contribution in [-0.2, 0) is 14.3 Å².